The number of halogens is 1. The lowest BCUT2D eigenvalue weighted by Gasteiger charge is -2.17. The van der Waals surface area contributed by atoms with Crippen LogP contribution in [0.15, 0.2) is 66.9 Å². The highest BCUT2D eigenvalue weighted by Crippen LogP contribution is 2.22. The molecule has 4 rings (SSSR count). The van der Waals surface area contributed by atoms with E-state index in [1.807, 2.05) is 31.3 Å². The molecule has 0 bridgehead atoms. The Kier molecular flexibility index (Phi) is 5.53. The van der Waals surface area contributed by atoms with Crippen LogP contribution in [0.2, 0.25) is 0 Å². The summed E-state index contributed by atoms with van der Waals surface area (Å²) in [4.78, 5) is 19.2. The van der Waals surface area contributed by atoms with Gasteiger partial charge < -0.3 is 15.5 Å². The van der Waals surface area contributed by atoms with Crippen molar-refractivity contribution in [2.75, 3.05) is 30.4 Å². The van der Waals surface area contributed by atoms with Gasteiger partial charge in [-0.05, 0) is 61.0 Å². The maximum atomic E-state index is 13.1. The number of carbonyl (C=O) groups is 1. The molecule has 1 saturated heterocycles. The molecular formula is C23H23FN4O. The Balaban J connectivity index is 1.39. The number of benzene rings is 2. The highest BCUT2D eigenvalue weighted by Gasteiger charge is 2.21. The van der Waals surface area contributed by atoms with Gasteiger partial charge in [-0.2, -0.15) is 0 Å². The summed E-state index contributed by atoms with van der Waals surface area (Å²) in [6.07, 6.45) is 2.79. The van der Waals surface area contributed by atoms with Crippen LogP contribution in [0.1, 0.15) is 16.8 Å². The number of anilines is 2. The third-order valence-electron chi connectivity index (χ3n) is 5.25. The lowest BCUT2D eigenvalue weighted by atomic mass is 10.0. The number of hydrogen-bond acceptors (Lipinski definition) is 4. The van der Waals surface area contributed by atoms with E-state index in [1.54, 1.807) is 30.5 Å². The SMILES string of the molecule is CNC1CCN(c2ccc(NC(=O)c3ccc(-c4ccc(F)cc4)cc3)cn2)C1. The zero-order valence-corrected chi connectivity index (χ0v) is 16.2. The van der Waals surface area contributed by atoms with E-state index in [1.165, 1.54) is 12.1 Å². The first-order valence-corrected chi connectivity index (χ1v) is 9.68. The Morgan fingerprint density at radius 1 is 1.03 bits per heavy atom. The number of nitrogens with zero attached hydrogens (tertiary/aromatic N) is 2. The molecule has 1 unspecified atom stereocenters. The van der Waals surface area contributed by atoms with E-state index < -0.39 is 0 Å². The third-order valence-corrected chi connectivity index (χ3v) is 5.25. The van der Waals surface area contributed by atoms with E-state index in [2.05, 4.69) is 20.5 Å². The number of rotatable bonds is 5. The van der Waals surface area contributed by atoms with Gasteiger partial charge in [0.25, 0.3) is 5.91 Å². The molecule has 1 amide bonds. The van der Waals surface area contributed by atoms with Crippen molar-refractivity contribution in [1.82, 2.24) is 10.3 Å². The average molecular weight is 390 g/mol. The minimum Gasteiger partial charge on any atom is -0.355 e. The third kappa shape index (κ3) is 4.43. The predicted molar refractivity (Wildman–Crippen MR) is 114 cm³/mol. The van der Waals surface area contributed by atoms with E-state index in [4.69, 9.17) is 0 Å². The lowest BCUT2D eigenvalue weighted by Crippen LogP contribution is -2.29. The highest BCUT2D eigenvalue weighted by molar-refractivity contribution is 6.04. The first kappa shape index (κ1) is 19.1. The second kappa shape index (κ2) is 8.41. The fourth-order valence-electron chi connectivity index (χ4n) is 3.51. The molecule has 0 saturated carbocycles. The lowest BCUT2D eigenvalue weighted by molar-refractivity contribution is 0.102. The van der Waals surface area contributed by atoms with Crippen molar-refractivity contribution in [3.8, 4) is 11.1 Å². The molecule has 2 heterocycles. The topological polar surface area (TPSA) is 57.3 Å². The van der Waals surface area contributed by atoms with Gasteiger partial charge in [-0.15, -0.1) is 0 Å². The average Bonchev–Trinajstić information content (AvgIpc) is 3.24. The summed E-state index contributed by atoms with van der Waals surface area (Å²) < 4.78 is 13.1. The summed E-state index contributed by atoms with van der Waals surface area (Å²) in [5.74, 6) is 0.460. The van der Waals surface area contributed by atoms with Gasteiger partial charge in [0, 0.05) is 24.7 Å². The fraction of sp³-hybridized carbons (Fsp3) is 0.217. The van der Waals surface area contributed by atoms with Crippen molar-refractivity contribution in [1.29, 1.82) is 0 Å². The molecule has 6 heteroatoms. The van der Waals surface area contributed by atoms with Crippen molar-refractivity contribution in [2.24, 2.45) is 0 Å². The van der Waals surface area contributed by atoms with Crippen LogP contribution in [-0.2, 0) is 0 Å². The monoisotopic (exact) mass is 390 g/mol. The van der Waals surface area contributed by atoms with Gasteiger partial charge >= 0.3 is 0 Å². The maximum Gasteiger partial charge on any atom is 0.255 e. The minimum absolute atomic E-state index is 0.193. The summed E-state index contributed by atoms with van der Waals surface area (Å²) in [6.45, 7) is 1.92. The van der Waals surface area contributed by atoms with Gasteiger partial charge in [0.2, 0.25) is 0 Å². The molecule has 1 fully saturated rings. The number of aromatic nitrogens is 1. The van der Waals surface area contributed by atoms with Gasteiger partial charge in [0.15, 0.2) is 0 Å². The predicted octanol–water partition coefficient (Wildman–Crippen LogP) is 3.94. The summed E-state index contributed by atoms with van der Waals surface area (Å²) >= 11 is 0. The van der Waals surface area contributed by atoms with Gasteiger partial charge in [0.05, 0.1) is 11.9 Å². The summed E-state index contributed by atoms with van der Waals surface area (Å²) in [7, 11) is 1.98. The van der Waals surface area contributed by atoms with Crippen LogP contribution in [0.3, 0.4) is 0 Å². The van der Waals surface area contributed by atoms with E-state index in [0.29, 0.717) is 17.3 Å². The molecule has 3 aromatic rings. The van der Waals surface area contributed by atoms with Gasteiger partial charge in [-0.3, -0.25) is 4.79 Å². The number of carbonyl (C=O) groups excluding carboxylic acids is 1. The smallest absolute Gasteiger partial charge is 0.255 e. The standard InChI is InChI=1S/C23H23FN4O/c1-25-21-12-13-28(15-21)22-11-10-20(14-26-22)27-23(29)18-4-2-16(3-5-18)17-6-8-19(24)9-7-17/h2-11,14,21,25H,12-13,15H2,1H3,(H,27,29). The summed E-state index contributed by atoms with van der Waals surface area (Å²) in [5, 5.41) is 6.17. The Labute approximate surface area is 169 Å². The minimum atomic E-state index is -0.268. The van der Waals surface area contributed by atoms with E-state index in [0.717, 1.165) is 36.5 Å². The van der Waals surface area contributed by atoms with E-state index in [-0.39, 0.29) is 11.7 Å². The Morgan fingerprint density at radius 2 is 1.72 bits per heavy atom. The maximum absolute atomic E-state index is 13.1. The first-order chi connectivity index (χ1) is 14.1. The fourth-order valence-corrected chi connectivity index (χ4v) is 3.51. The molecule has 1 aliphatic heterocycles. The molecule has 5 nitrogen and oxygen atoms in total. The van der Waals surface area contributed by atoms with Crippen molar-refractivity contribution >= 4 is 17.4 Å². The molecule has 1 aliphatic rings. The zero-order chi connectivity index (χ0) is 20.2. The van der Waals surface area contributed by atoms with Gasteiger partial charge in [-0.1, -0.05) is 24.3 Å². The van der Waals surface area contributed by atoms with Gasteiger partial charge in [0.1, 0.15) is 11.6 Å². The van der Waals surface area contributed by atoms with Crippen molar-refractivity contribution in [2.45, 2.75) is 12.5 Å². The number of nitrogens with one attached hydrogen (secondary N) is 2. The molecule has 0 radical (unpaired) electrons. The Bertz CT molecular complexity index is 971. The van der Waals surface area contributed by atoms with Gasteiger partial charge in [-0.25, -0.2) is 9.37 Å². The normalized spacial score (nSPS) is 16.1. The van der Waals surface area contributed by atoms with Crippen LogP contribution < -0.4 is 15.5 Å². The first-order valence-electron chi connectivity index (χ1n) is 9.68. The molecule has 0 spiro atoms. The van der Waals surface area contributed by atoms with E-state index >= 15 is 0 Å². The molecular weight excluding hydrogens is 367 g/mol. The van der Waals surface area contributed by atoms with Crippen LogP contribution in [0, 0.1) is 5.82 Å². The van der Waals surface area contributed by atoms with E-state index in [9.17, 15) is 9.18 Å². The Morgan fingerprint density at radius 3 is 2.31 bits per heavy atom. The molecule has 148 valence electrons. The van der Waals surface area contributed by atoms with Crippen LogP contribution in [0.4, 0.5) is 15.9 Å². The number of amides is 1. The zero-order valence-electron chi connectivity index (χ0n) is 16.2. The van der Waals surface area contributed by atoms with Crippen LogP contribution in [-0.4, -0.2) is 37.1 Å². The summed E-state index contributed by atoms with van der Waals surface area (Å²) in [5.41, 5.74) is 3.04. The van der Waals surface area contributed by atoms with Crippen molar-refractivity contribution in [3.63, 3.8) is 0 Å². The number of likely N-dealkylation sites (N-methyl/N-ethyl adjacent to an activating group) is 1. The molecule has 0 aliphatic carbocycles. The molecule has 29 heavy (non-hydrogen) atoms. The Hall–Kier alpha value is -3.25. The van der Waals surface area contributed by atoms with Crippen molar-refractivity contribution in [3.05, 3.63) is 78.2 Å². The summed E-state index contributed by atoms with van der Waals surface area (Å²) in [6, 6.07) is 17.8. The molecule has 2 aromatic carbocycles. The van der Waals surface area contributed by atoms with Crippen LogP contribution >= 0.6 is 0 Å². The molecule has 1 atom stereocenters. The quantitative estimate of drug-likeness (QED) is 0.693. The van der Waals surface area contributed by atoms with Crippen LogP contribution in [0.25, 0.3) is 11.1 Å². The number of hydrogen-bond donors (Lipinski definition) is 2. The van der Waals surface area contributed by atoms with Crippen LogP contribution in [0.5, 0.6) is 0 Å². The van der Waals surface area contributed by atoms with Crippen molar-refractivity contribution < 1.29 is 9.18 Å². The second-order valence-corrected chi connectivity index (χ2v) is 7.16. The highest BCUT2D eigenvalue weighted by atomic mass is 19.1. The number of pyridine rings is 1. The largest absolute Gasteiger partial charge is 0.355 e. The molecule has 1 aromatic heterocycles. The molecule has 2 N–H and O–H groups in total. The second-order valence-electron chi connectivity index (χ2n) is 7.16.